The van der Waals surface area contributed by atoms with Gasteiger partial charge in [-0.3, -0.25) is 0 Å². The number of anilines is 1. The lowest BCUT2D eigenvalue weighted by atomic mass is 10.1. The van der Waals surface area contributed by atoms with Crippen molar-refractivity contribution in [2.24, 2.45) is 0 Å². The standard InChI is InChI=1S/C27H22F2N6O3S2/c1-40(36,37)11-9-30-24-7-2-17(14-31-24)20-4-6-22-25(34-20)26-16(8-10-38-22)12-23(39-26)27-32-15-33-35(27)21-5-3-18(28)13-19(21)29/h2-7,12-15H,8-11H2,1H3,(H,30,31). The monoisotopic (exact) mass is 580 g/mol. The Labute approximate surface area is 232 Å². The third kappa shape index (κ3) is 5.29. The molecule has 1 aromatic carbocycles. The lowest BCUT2D eigenvalue weighted by Crippen LogP contribution is -2.14. The van der Waals surface area contributed by atoms with E-state index in [1.165, 1.54) is 40.7 Å². The lowest BCUT2D eigenvalue weighted by Gasteiger charge is -2.10. The van der Waals surface area contributed by atoms with Crippen LogP contribution in [-0.4, -0.2) is 58.3 Å². The van der Waals surface area contributed by atoms with E-state index in [-0.39, 0.29) is 18.0 Å². The Morgan fingerprint density at radius 1 is 1.10 bits per heavy atom. The first-order valence-corrected chi connectivity index (χ1v) is 15.1. The summed E-state index contributed by atoms with van der Waals surface area (Å²) in [6.07, 6.45) is 4.85. The van der Waals surface area contributed by atoms with Gasteiger partial charge in [-0.2, -0.15) is 5.10 Å². The van der Waals surface area contributed by atoms with Gasteiger partial charge in [-0.05, 0) is 48.0 Å². The molecule has 1 aliphatic rings. The highest BCUT2D eigenvalue weighted by molar-refractivity contribution is 7.90. The second-order valence-electron chi connectivity index (χ2n) is 9.19. The third-order valence-electron chi connectivity index (χ3n) is 6.26. The van der Waals surface area contributed by atoms with Crippen LogP contribution in [0.3, 0.4) is 0 Å². The van der Waals surface area contributed by atoms with Crippen molar-refractivity contribution in [3.05, 3.63) is 78.3 Å². The number of fused-ring (bicyclic) bond motifs is 3. The Hall–Kier alpha value is -4.23. The smallest absolute Gasteiger partial charge is 0.173 e. The van der Waals surface area contributed by atoms with Crippen LogP contribution in [0.1, 0.15) is 5.56 Å². The van der Waals surface area contributed by atoms with Crippen molar-refractivity contribution >= 4 is 27.0 Å². The number of sulfone groups is 1. The Morgan fingerprint density at radius 3 is 2.75 bits per heavy atom. The second kappa shape index (κ2) is 10.4. The van der Waals surface area contributed by atoms with Crippen LogP contribution in [0.25, 0.3) is 38.2 Å². The van der Waals surface area contributed by atoms with Crippen molar-refractivity contribution < 1.29 is 21.9 Å². The number of nitrogens with one attached hydrogen (secondary N) is 1. The highest BCUT2D eigenvalue weighted by Crippen LogP contribution is 2.43. The topological polar surface area (TPSA) is 112 Å². The van der Waals surface area contributed by atoms with E-state index in [1.807, 2.05) is 24.3 Å². The SMILES string of the molecule is CS(=O)(=O)CCNc1ccc(-c2ccc3c(n2)-c2sc(-c4ncnn4-c4ccc(F)cc4F)cc2CCO3)cn1. The molecule has 0 unspecified atom stereocenters. The number of ether oxygens (including phenoxy) is 1. The predicted octanol–water partition coefficient (Wildman–Crippen LogP) is 4.79. The second-order valence-corrected chi connectivity index (χ2v) is 12.5. The molecule has 0 radical (unpaired) electrons. The molecule has 0 atom stereocenters. The molecule has 0 bridgehead atoms. The van der Waals surface area contributed by atoms with Gasteiger partial charge in [-0.1, -0.05) is 0 Å². The van der Waals surface area contributed by atoms with Gasteiger partial charge in [-0.25, -0.2) is 36.8 Å². The molecule has 9 nitrogen and oxygen atoms in total. The van der Waals surface area contributed by atoms with Crippen LogP contribution >= 0.6 is 11.3 Å². The molecule has 1 N–H and O–H groups in total. The van der Waals surface area contributed by atoms with Crippen molar-refractivity contribution in [1.82, 2.24) is 24.7 Å². The highest BCUT2D eigenvalue weighted by atomic mass is 32.2. The molecule has 5 heterocycles. The van der Waals surface area contributed by atoms with E-state index in [1.54, 1.807) is 12.3 Å². The van der Waals surface area contributed by atoms with E-state index in [9.17, 15) is 17.2 Å². The lowest BCUT2D eigenvalue weighted by molar-refractivity contribution is 0.325. The minimum absolute atomic E-state index is 0.0170. The number of benzene rings is 1. The summed E-state index contributed by atoms with van der Waals surface area (Å²) in [4.78, 5) is 15.3. The van der Waals surface area contributed by atoms with Crippen molar-refractivity contribution in [3.8, 4) is 44.0 Å². The highest BCUT2D eigenvalue weighted by Gasteiger charge is 2.24. The maximum absolute atomic E-state index is 14.5. The van der Waals surface area contributed by atoms with Crippen molar-refractivity contribution in [3.63, 3.8) is 0 Å². The van der Waals surface area contributed by atoms with Gasteiger partial charge in [0.15, 0.2) is 11.6 Å². The average molecular weight is 581 g/mol. The summed E-state index contributed by atoms with van der Waals surface area (Å²) in [7, 11) is -3.06. The Bertz CT molecular complexity index is 1820. The summed E-state index contributed by atoms with van der Waals surface area (Å²) >= 11 is 1.45. The van der Waals surface area contributed by atoms with Gasteiger partial charge < -0.3 is 10.1 Å². The summed E-state index contributed by atoms with van der Waals surface area (Å²) in [6, 6.07) is 12.7. The Morgan fingerprint density at radius 2 is 1.98 bits per heavy atom. The molecule has 0 spiro atoms. The first-order valence-electron chi connectivity index (χ1n) is 12.3. The molecule has 0 saturated heterocycles. The number of pyridine rings is 2. The summed E-state index contributed by atoms with van der Waals surface area (Å²) in [6.45, 7) is 0.733. The van der Waals surface area contributed by atoms with Gasteiger partial charge in [0.1, 0.15) is 44.9 Å². The molecular formula is C27H22F2N6O3S2. The number of nitrogens with zero attached hydrogens (tertiary/aromatic N) is 5. The molecule has 0 aliphatic carbocycles. The van der Waals surface area contributed by atoms with E-state index in [2.05, 4.69) is 20.4 Å². The van der Waals surface area contributed by atoms with Gasteiger partial charge in [-0.15, -0.1) is 11.3 Å². The molecule has 0 amide bonds. The van der Waals surface area contributed by atoms with Crippen LogP contribution in [0.5, 0.6) is 5.75 Å². The maximum Gasteiger partial charge on any atom is 0.173 e. The fourth-order valence-corrected chi connectivity index (χ4v) is 6.00. The first kappa shape index (κ1) is 26.0. The van der Waals surface area contributed by atoms with Crippen LogP contribution < -0.4 is 10.1 Å². The van der Waals surface area contributed by atoms with Gasteiger partial charge in [0, 0.05) is 37.0 Å². The molecular weight excluding hydrogens is 558 g/mol. The Kier molecular flexibility index (Phi) is 6.76. The van der Waals surface area contributed by atoms with Crippen LogP contribution in [0.15, 0.2) is 61.1 Å². The summed E-state index contributed by atoms with van der Waals surface area (Å²) in [5.74, 6) is 0.262. The molecule has 5 aromatic rings. The molecule has 1 aliphatic heterocycles. The molecule has 40 heavy (non-hydrogen) atoms. The van der Waals surface area contributed by atoms with Crippen LogP contribution in [0.4, 0.5) is 14.6 Å². The number of rotatable bonds is 7. The third-order valence-corrected chi connectivity index (χ3v) is 8.38. The largest absolute Gasteiger partial charge is 0.491 e. The minimum atomic E-state index is -3.06. The molecule has 6 rings (SSSR count). The first-order chi connectivity index (χ1) is 19.2. The van der Waals surface area contributed by atoms with Gasteiger partial charge in [0.05, 0.1) is 27.8 Å². The number of thiophene rings is 1. The van der Waals surface area contributed by atoms with Gasteiger partial charge in [0.2, 0.25) is 0 Å². The summed E-state index contributed by atoms with van der Waals surface area (Å²) in [5, 5.41) is 7.19. The Balaban J connectivity index is 1.32. The molecule has 0 saturated carbocycles. The zero-order valence-electron chi connectivity index (χ0n) is 21.1. The normalized spacial score (nSPS) is 12.8. The molecule has 204 valence electrons. The number of hydrogen-bond acceptors (Lipinski definition) is 9. The van der Waals surface area contributed by atoms with E-state index < -0.39 is 21.5 Å². The van der Waals surface area contributed by atoms with E-state index >= 15 is 0 Å². The molecule has 13 heteroatoms. The van der Waals surface area contributed by atoms with Crippen LogP contribution in [0, 0.1) is 11.6 Å². The zero-order valence-corrected chi connectivity index (χ0v) is 22.8. The van der Waals surface area contributed by atoms with Gasteiger partial charge >= 0.3 is 0 Å². The molecule has 0 fully saturated rings. The predicted molar refractivity (Wildman–Crippen MR) is 148 cm³/mol. The average Bonchev–Trinajstić information content (AvgIpc) is 3.52. The number of halogens is 2. The maximum atomic E-state index is 14.5. The summed E-state index contributed by atoms with van der Waals surface area (Å²) in [5.41, 5.74) is 3.27. The van der Waals surface area contributed by atoms with E-state index in [0.29, 0.717) is 41.8 Å². The molecule has 4 aromatic heterocycles. The quantitative estimate of drug-likeness (QED) is 0.293. The fraction of sp³-hybridized carbons (Fsp3) is 0.185. The number of aromatic nitrogens is 5. The fourth-order valence-electron chi connectivity index (χ4n) is 4.34. The summed E-state index contributed by atoms with van der Waals surface area (Å²) < 4.78 is 58.1. The minimum Gasteiger partial charge on any atom is -0.491 e. The van der Waals surface area contributed by atoms with Crippen molar-refractivity contribution in [2.45, 2.75) is 6.42 Å². The van der Waals surface area contributed by atoms with Crippen molar-refractivity contribution in [2.75, 3.05) is 30.5 Å². The van der Waals surface area contributed by atoms with Crippen molar-refractivity contribution in [1.29, 1.82) is 0 Å². The van der Waals surface area contributed by atoms with Crippen LogP contribution in [-0.2, 0) is 16.3 Å². The van der Waals surface area contributed by atoms with Crippen LogP contribution in [0.2, 0.25) is 0 Å². The number of hydrogen-bond donors (Lipinski definition) is 1. The van der Waals surface area contributed by atoms with E-state index in [0.717, 1.165) is 26.9 Å². The zero-order chi connectivity index (χ0) is 27.9. The van der Waals surface area contributed by atoms with E-state index in [4.69, 9.17) is 9.72 Å². The van der Waals surface area contributed by atoms with Gasteiger partial charge in [0.25, 0.3) is 0 Å².